The molecule has 252 valence electrons. The summed E-state index contributed by atoms with van der Waals surface area (Å²) in [6.45, 7) is 0. The molecule has 0 unspecified atom stereocenters. The van der Waals surface area contributed by atoms with Crippen molar-refractivity contribution in [3.05, 3.63) is 182 Å². The molecule has 1 aromatic heterocycles. The number of hydrogen-bond acceptors (Lipinski definition) is 1. The molecule has 0 radical (unpaired) electrons. The van der Waals surface area contributed by atoms with Crippen molar-refractivity contribution >= 4 is 107 Å². The third kappa shape index (κ3) is 3.85. The predicted molar refractivity (Wildman–Crippen MR) is 241 cm³/mol. The summed E-state index contributed by atoms with van der Waals surface area (Å²) in [5, 5.41) is 21.3. The molecule has 0 saturated carbocycles. The Morgan fingerprint density at radius 3 is 1.56 bits per heavy atom. The molecule has 0 aliphatic rings. The third-order valence-electron chi connectivity index (χ3n) is 12.3. The van der Waals surface area contributed by atoms with Gasteiger partial charge < -0.3 is 0 Å². The largest absolute Gasteiger partial charge is 0.135 e. The zero-order valence-corrected chi connectivity index (χ0v) is 30.5. The van der Waals surface area contributed by atoms with Gasteiger partial charge in [-0.15, -0.1) is 11.3 Å². The second kappa shape index (κ2) is 10.9. The molecule has 0 fully saturated rings. The quantitative estimate of drug-likeness (QED) is 0.160. The Morgan fingerprint density at radius 2 is 0.782 bits per heavy atom. The maximum atomic E-state index is 2.53. The second-order valence-corrected chi connectivity index (χ2v) is 16.1. The fraction of sp³-hybridized carbons (Fsp3) is 0. The highest BCUT2D eigenvalue weighted by atomic mass is 32.1. The summed E-state index contributed by atoms with van der Waals surface area (Å²) in [7, 11) is 0. The average Bonchev–Trinajstić information content (AvgIpc) is 3.91. The van der Waals surface area contributed by atoms with E-state index in [1.165, 1.54) is 129 Å². The van der Waals surface area contributed by atoms with Gasteiger partial charge in [0, 0.05) is 25.7 Å². The first kappa shape index (κ1) is 29.6. The molecule has 0 amide bonds. The SMILES string of the molecule is c1ccc(-c2c3cc4c5ccccc5c5cccc(c3c(-c3ccccc3)c3c6cccc7c(-c8cccc9c8sc8ccccc89)ccc(c23)c76)c54)cc1. The van der Waals surface area contributed by atoms with Crippen LogP contribution in [-0.2, 0) is 0 Å². The predicted octanol–water partition coefficient (Wildman–Crippen LogP) is 16.0. The molecular weight excluding hydrogens is 681 g/mol. The highest BCUT2D eigenvalue weighted by molar-refractivity contribution is 7.26. The molecule has 1 heteroatoms. The van der Waals surface area contributed by atoms with Crippen molar-refractivity contribution in [2.45, 2.75) is 0 Å². The lowest BCUT2D eigenvalue weighted by molar-refractivity contribution is 1.68. The average molecular weight is 711 g/mol. The second-order valence-electron chi connectivity index (χ2n) is 15.0. The third-order valence-corrected chi connectivity index (χ3v) is 13.6. The first-order chi connectivity index (χ1) is 27.3. The maximum absolute atomic E-state index is 2.53. The van der Waals surface area contributed by atoms with E-state index in [-0.39, 0.29) is 0 Å². The van der Waals surface area contributed by atoms with Gasteiger partial charge in [-0.2, -0.15) is 0 Å². The molecule has 0 aliphatic heterocycles. The number of rotatable bonds is 3. The van der Waals surface area contributed by atoms with Crippen LogP contribution in [0.25, 0.3) is 129 Å². The number of thiophene rings is 1. The Kier molecular flexibility index (Phi) is 5.86. The standard InChI is InChI=1S/C54H30S/c1-3-14-31(15-4-1)47-45-30-44-34-19-8-7-18-33(34)37-21-11-25-41(50(37)44)51(45)48(32-16-5-2-6-17-32)53-42-26-12-22-38-35(28-29-43(49(38)42)52(47)53)39-23-13-24-40-36-20-9-10-27-46(36)55-54(39)40/h1-30H. The molecule has 0 saturated heterocycles. The van der Waals surface area contributed by atoms with Crippen molar-refractivity contribution in [2.24, 2.45) is 0 Å². The summed E-state index contributed by atoms with van der Waals surface area (Å²) in [5.74, 6) is 0. The van der Waals surface area contributed by atoms with Gasteiger partial charge in [0.15, 0.2) is 0 Å². The normalized spacial score (nSPS) is 12.4. The van der Waals surface area contributed by atoms with Gasteiger partial charge in [-0.05, 0) is 115 Å². The molecular formula is C54H30S. The van der Waals surface area contributed by atoms with Gasteiger partial charge in [0.1, 0.15) is 0 Å². The summed E-state index contributed by atoms with van der Waals surface area (Å²) in [4.78, 5) is 0. The minimum absolute atomic E-state index is 1.25. The molecule has 55 heavy (non-hydrogen) atoms. The maximum Gasteiger partial charge on any atom is 0.0434 e. The van der Waals surface area contributed by atoms with Crippen LogP contribution in [0.1, 0.15) is 0 Å². The van der Waals surface area contributed by atoms with E-state index in [0.29, 0.717) is 0 Å². The molecule has 0 nitrogen and oxygen atoms in total. The van der Waals surface area contributed by atoms with E-state index in [9.17, 15) is 0 Å². The van der Waals surface area contributed by atoms with E-state index in [2.05, 4.69) is 182 Å². The van der Waals surface area contributed by atoms with Crippen molar-refractivity contribution in [3.8, 4) is 33.4 Å². The zero-order chi connectivity index (χ0) is 35.8. The smallest absolute Gasteiger partial charge is 0.0434 e. The molecule has 12 aromatic carbocycles. The molecule has 0 aliphatic carbocycles. The van der Waals surface area contributed by atoms with Crippen molar-refractivity contribution < 1.29 is 0 Å². The van der Waals surface area contributed by atoms with Gasteiger partial charge in [0.25, 0.3) is 0 Å². The fourth-order valence-corrected chi connectivity index (χ4v) is 11.4. The Labute approximate surface area is 320 Å². The van der Waals surface area contributed by atoms with Gasteiger partial charge in [0.2, 0.25) is 0 Å². The van der Waals surface area contributed by atoms with Gasteiger partial charge in [0.05, 0.1) is 0 Å². The Hall–Kier alpha value is -6.80. The van der Waals surface area contributed by atoms with Crippen molar-refractivity contribution in [2.75, 3.05) is 0 Å². The van der Waals surface area contributed by atoms with Crippen molar-refractivity contribution in [3.63, 3.8) is 0 Å². The monoisotopic (exact) mass is 710 g/mol. The van der Waals surface area contributed by atoms with E-state index < -0.39 is 0 Å². The van der Waals surface area contributed by atoms with E-state index in [4.69, 9.17) is 0 Å². The molecule has 1 heterocycles. The summed E-state index contributed by atoms with van der Waals surface area (Å²) < 4.78 is 2.69. The van der Waals surface area contributed by atoms with E-state index in [0.717, 1.165) is 0 Å². The zero-order valence-electron chi connectivity index (χ0n) is 29.7. The fourth-order valence-electron chi connectivity index (χ4n) is 10.2. The van der Waals surface area contributed by atoms with Crippen LogP contribution < -0.4 is 0 Å². The summed E-state index contributed by atoms with van der Waals surface area (Å²) in [6, 6.07) is 68.3. The Morgan fingerprint density at radius 1 is 0.255 bits per heavy atom. The Bertz CT molecular complexity index is 3680. The van der Waals surface area contributed by atoms with Crippen LogP contribution in [0.15, 0.2) is 182 Å². The van der Waals surface area contributed by atoms with Crippen LogP contribution in [0, 0.1) is 0 Å². The molecule has 0 atom stereocenters. The molecule has 0 spiro atoms. The van der Waals surface area contributed by atoms with Gasteiger partial charge in [-0.1, -0.05) is 170 Å². The van der Waals surface area contributed by atoms with E-state index in [1.807, 2.05) is 11.3 Å². The molecule has 0 bridgehead atoms. The van der Waals surface area contributed by atoms with Crippen LogP contribution >= 0.6 is 11.3 Å². The molecule has 13 aromatic rings. The molecule has 13 rings (SSSR count). The van der Waals surface area contributed by atoms with Gasteiger partial charge in [-0.3, -0.25) is 0 Å². The first-order valence-corrected chi connectivity index (χ1v) is 19.9. The number of fused-ring (bicyclic) bond motifs is 11. The lowest BCUT2D eigenvalue weighted by Gasteiger charge is -2.19. The lowest BCUT2D eigenvalue weighted by atomic mass is 9.84. The molecule has 0 N–H and O–H groups in total. The highest BCUT2D eigenvalue weighted by Crippen LogP contribution is 2.55. The number of benzene rings is 10. The minimum Gasteiger partial charge on any atom is -0.135 e. The van der Waals surface area contributed by atoms with Crippen molar-refractivity contribution in [1.82, 2.24) is 0 Å². The summed E-state index contributed by atoms with van der Waals surface area (Å²) in [6.07, 6.45) is 0. The van der Waals surface area contributed by atoms with E-state index in [1.54, 1.807) is 0 Å². The van der Waals surface area contributed by atoms with Crippen LogP contribution in [0.5, 0.6) is 0 Å². The Balaban J connectivity index is 1.28. The minimum atomic E-state index is 1.25. The highest BCUT2D eigenvalue weighted by Gasteiger charge is 2.27. The van der Waals surface area contributed by atoms with Crippen LogP contribution in [0.4, 0.5) is 0 Å². The topological polar surface area (TPSA) is 0 Å². The van der Waals surface area contributed by atoms with Gasteiger partial charge in [-0.25, -0.2) is 0 Å². The van der Waals surface area contributed by atoms with E-state index >= 15 is 0 Å². The van der Waals surface area contributed by atoms with Crippen molar-refractivity contribution in [1.29, 1.82) is 0 Å². The summed E-state index contributed by atoms with van der Waals surface area (Å²) in [5.41, 5.74) is 7.73. The summed E-state index contributed by atoms with van der Waals surface area (Å²) >= 11 is 1.91. The van der Waals surface area contributed by atoms with Crippen LogP contribution in [0.3, 0.4) is 0 Å². The lowest BCUT2D eigenvalue weighted by Crippen LogP contribution is -1.91. The van der Waals surface area contributed by atoms with Gasteiger partial charge >= 0.3 is 0 Å². The van der Waals surface area contributed by atoms with Crippen LogP contribution in [-0.4, -0.2) is 0 Å². The van der Waals surface area contributed by atoms with Crippen LogP contribution in [0.2, 0.25) is 0 Å². The number of hydrogen-bond donors (Lipinski definition) is 0. The first-order valence-electron chi connectivity index (χ1n) is 19.1.